The molecule has 0 aromatic rings. The maximum atomic E-state index is 3.53. The second-order valence-electron chi connectivity index (χ2n) is 4.10. The van der Waals surface area contributed by atoms with Crippen LogP contribution in [-0.2, 0) is 0 Å². The Kier molecular flexibility index (Phi) is 9.42. The van der Waals surface area contributed by atoms with E-state index in [0.29, 0.717) is 6.04 Å². The summed E-state index contributed by atoms with van der Waals surface area (Å²) in [7, 11) is 0. The van der Waals surface area contributed by atoms with E-state index < -0.39 is 0 Å². The summed E-state index contributed by atoms with van der Waals surface area (Å²) in [6, 6.07) is 0.631. The number of nitrogens with zero attached hydrogens (tertiary/aromatic N) is 1. The number of unbranched alkanes of at least 4 members (excludes halogenated alkanes) is 1. The van der Waals surface area contributed by atoms with Gasteiger partial charge in [-0.2, -0.15) is 0 Å². The number of rotatable bonds is 9. The van der Waals surface area contributed by atoms with E-state index >= 15 is 0 Å². The SMILES string of the molecule is CCCCN(CC)CC(C)NCCC. The van der Waals surface area contributed by atoms with Crippen molar-refractivity contribution in [2.45, 2.75) is 53.0 Å². The molecule has 1 unspecified atom stereocenters. The summed E-state index contributed by atoms with van der Waals surface area (Å²) >= 11 is 0. The van der Waals surface area contributed by atoms with Crippen molar-refractivity contribution >= 4 is 0 Å². The van der Waals surface area contributed by atoms with E-state index in [1.54, 1.807) is 0 Å². The third-order valence-corrected chi connectivity index (χ3v) is 2.55. The van der Waals surface area contributed by atoms with Gasteiger partial charge < -0.3 is 10.2 Å². The smallest absolute Gasteiger partial charge is 0.0166 e. The molecular formula is C12H28N2. The zero-order valence-electron chi connectivity index (χ0n) is 10.5. The van der Waals surface area contributed by atoms with Gasteiger partial charge in [0.15, 0.2) is 0 Å². The first-order valence-corrected chi connectivity index (χ1v) is 6.20. The van der Waals surface area contributed by atoms with E-state index in [2.05, 4.69) is 37.9 Å². The molecule has 0 aliphatic heterocycles. The fourth-order valence-electron chi connectivity index (χ4n) is 1.60. The summed E-state index contributed by atoms with van der Waals surface area (Å²) < 4.78 is 0. The van der Waals surface area contributed by atoms with Crippen molar-refractivity contribution in [3.8, 4) is 0 Å². The molecule has 0 heterocycles. The monoisotopic (exact) mass is 200 g/mol. The van der Waals surface area contributed by atoms with Crippen LogP contribution < -0.4 is 5.32 Å². The van der Waals surface area contributed by atoms with Crippen molar-refractivity contribution < 1.29 is 0 Å². The average Bonchev–Trinajstić information content (AvgIpc) is 2.21. The van der Waals surface area contributed by atoms with Crippen LogP contribution in [0.4, 0.5) is 0 Å². The van der Waals surface area contributed by atoms with Crippen LogP contribution in [0.15, 0.2) is 0 Å². The number of nitrogens with one attached hydrogen (secondary N) is 1. The van der Waals surface area contributed by atoms with Gasteiger partial charge in [0.1, 0.15) is 0 Å². The molecule has 2 nitrogen and oxygen atoms in total. The minimum absolute atomic E-state index is 0.631. The highest BCUT2D eigenvalue weighted by molar-refractivity contribution is 4.66. The summed E-state index contributed by atoms with van der Waals surface area (Å²) in [4.78, 5) is 2.54. The molecule has 2 heteroatoms. The van der Waals surface area contributed by atoms with Crippen molar-refractivity contribution in [2.24, 2.45) is 0 Å². The Bertz CT molecular complexity index is 115. The van der Waals surface area contributed by atoms with E-state index in [1.807, 2.05) is 0 Å². The van der Waals surface area contributed by atoms with Crippen molar-refractivity contribution in [1.82, 2.24) is 10.2 Å². The molecule has 1 N–H and O–H groups in total. The topological polar surface area (TPSA) is 15.3 Å². The Morgan fingerprint density at radius 1 is 1.14 bits per heavy atom. The standard InChI is InChI=1S/C12H28N2/c1-5-8-10-14(7-3)11-12(4)13-9-6-2/h12-13H,5-11H2,1-4H3. The molecule has 0 amide bonds. The minimum Gasteiger partial charge on any atom is -0.313 e. The zero-order valence-corrected chi connectivity index (χ0v) is 10.5. The van der Waals surface area contributed by atoms with E-state index in [1.165, 1.54) is 38.9 Å². The van der Waals surface area contributed by atoms with Gasteiger partial charge >= 0.3 is 0 Å². The summed E-state index contributed by atoms with van der Waals surface area (Å²) in [5, 5.41) is 3.53. The van der Waals surface area contributed by atoms with E-state index in [4.69, 9.17) is 0 Å². The van der Waals surface area contributed by atoms with Crippen LogP contribution in [-0.4, -0.2) is 37.1 Å². The Balaban J connectivity index is 3.57. The highest BCUT2D eigenvalue weighted by Crippen LogP contribution is 1.96. The van der Waals surface area contributed by atoms with Crippen LogP contribution in [0.3, 0.4) is 0 Å². The summed E-state index contributed by atoms with van der Waals surface area (Å²) in [6.45, 7) is 13.8. The zero-order chi connectivity index (χ0) is 10.8. The largest absolute Gasteiger partial charge is 0.313 e. The van der Waals surface area contributed by atoms with E-state index in [0.717, 1.165) is 6.54 Å². The normalized spacial score (nSPS) is 13.5. The molecule has 1 atom stereocenters. The van der Waals surface area contributed by atoms with Crippen LogP contribution in [0.25, 0.3) is 0 Å². The molecule has 0 fully saturated rings. The lowest BCUT2D eigenvalue weighted by molar-refractivity contribution is 0.255. The van der Waals surface area contributed by atoms with Crippen LogP contribution in [0.2, 0.25) is 0 Å². The molecule has 0 rings (SSSR count). The molecule has 0 bridgehead atoms. The van der Waals surface area contributed by atoms with Crippen molar-refractivity contribution in [1.29, 1.82) is 0 Å². The van der Waals surface area contributed by atoms with Gasteiger partial charge in [0.2, 0.25) is 0 Å². The average molecular weight is 200 g/mol. The predicted molar refractivity (Wildman–Crippen MR) is 64.8 cm³/mol. The quantitative estimate of drug-likeness (QED) is 0.615. The van der Waals surface area contributed by atoms with E-state index in [9.17, 15) is 0 Å². The number of hydrogen-bond donors (Lipinski definition) is 1. The van der Waals surface area contributed by atoms with Gasteiger partial charge in [0.05, 0.1) is 0 Å². The van der Waals surface area contributed by atoms with Crippen molar-refractivity contribution in [2.75, 3.05) is 26.2 Å². The predicted octanol–water partition coefficient (Wildman–Crippen LogP) is 2.50. The Morgan fingerprint density at radius 3 is 2.36 bits per heavy atom. The second kappa shape index (κ2) is 9.47. The third kappa shape index (κ3) is 7.34. The lowest BCUT2D eigenvalue weighted by Crippen LogP contribution is -2.39. The summed E-state index contributed by atoms with van der Waals surface area (Å²) in [6.07, 6.45) is 3.85. The van der Waals surface area contributed by atoms with Gasteiger partial charge in [-0.1, -0.05) is 27.2 Å². The highest BCUT2D eigenvalue weighted by atomic mass is 15.1. The van der Waals surface area contributed by atoms with Crippen LogP contribution in [0, 0.1) is 0 Å². The van der Waals surface area contributed by atoms with Crippen molar-refractivity contribution in [3.05, 3.63) is 0 Å². The summed E-state index contributed by atoms with van der Waals surface area (Å²) in [5.74, 6) is 0. The van der Waals surface area contributed by atoms with Crippen LogP contribution in [0.1, 0.15) is 47.0 Å². The molecule has 0 aromatic heterocycles. The van der Waals surface area contributed by atoms with Gasteiger partial charge in [-0.25, -0.2) is 0 Å². The minimum atomic E-state index is 0.631. The second-order valence-corrected chi connectivity index (χ2v) is 4.10. The van der Waals surface area contributed by atoms with Gasteiger partial charge in [0.25, 0.3) is 0 Å². The molecular weight excluding hydrogens is 172 g/mol. The van der Waals surface area contributed by atoms with Gasteiger partial charge in [-0.15, -0.1) is 0 Å². The Labute approximate surface area is 90.1 Å². The summed E-state index contributed by atoms with van der Waals surface area (Å²) in [5.41, 5.74) is 0. The lowest BCUT2D eigenvalue weighted by Gasteiger charge is -2.24. The van der Waals surface area contributed by atoms with Gasteiger partial charge in [-0.05, 0) is 39.4 Å². The maximum absolute atomic E-state index is 3.53. The fourth-order valence-corrected chi connectivity index (χ4v) is 1.60. The first-order chi connectivity index (χ1) is 6.74. The number of hydrogen-bond acceptors (Lipinski definition) is 2. The van der Waals surface area contributed by atoms with E-state index in [-0.39, 0.29) is 0 Å². The fraction of sp³-hybridized carbons (Fsp3) is 1.00. The van der Waals surface area contributed by atoms with Crippen LogP contribution >= 0.6 is 0 Å². The molecule has 0 spiro atoms. The first-order valence-electron chi connectivity index (χ1n) is 6.20. The highest BCUT2D eigenvalue weighted by Gasteiger charge is 2.06. The molecule has 0 saturated carbocycles. The lowest BCUT2D eigenvalue weighted by atomic mass is 10.2. The molecule has 0 aromatic carbocycles. The van der Waals surface area contributed by atoms with Crippen LogP contribution in [0.5, 0.6) is 0 Å². The van der Waals surface area contributed by atoms with Crippen molar-refractivity contribution in [3.63, 3.8) is 0 Å². The molecule has 0 saturated heterocycles. The third-order valence-electron chi connectivity index (χ3n) is 2.55. The molecule has 0 aliphatic carbocycles. The first kappa shape index (κ1) is 13.9. The molecule has 0 aliphatic rings. The maximum Gasteiger partial charge on any atom is 0.0166 e. The van der Waals surface area contributed by atoms with Gasteiger partial charge in [0, 0.05) is 12.6 Å². The Hall–Kier alpha value is -0.0800. The molecule has 14 heavy (non-hydrogen) atoms. The number of likely N-dealkylation sites (N-methyl/N-ethyl adjacent to an activating group) is 1. The molecule has 0 radical (unpaired) electrons. The van der Waals surface area contributed by atoms with Gasteiger partial charge in [-0.3, -0.25) is 0 Å². The molecule has 86 valence electrons. The Morgan fingerprint density at radius 2 is 1.86 bits per heavy atom.